The minimum absolute atomic E-state index is 0.615. The van der Waals surface area contributed by atoms with Gasteiger partial charge in [0.15, 0.2) is 5.65 Å². The van der Waals surface area contributed by atoms with Crippen LogP contribution in [-0.4, -0.2) is 27.2 Å². The molecule has 110 valence electrons. The molecule has 2 aromatic heterocycles. The quantitative estimate of drug-likeness (QED) is 0.804. The summed E-state index contributed by atoms with van der Waals surface area (Å²) in [6.07, 6.45) is 6.65. The van der Waals surface area contributed by atoms with Crippen LogP contribution in [-0.2, 0) is 6.42 Å². The number of hydrogen-bond acceptors (Lipinski definition) is 3. The summed E-state index contributed by atoms with van der Waals surface area (Å²) in [5.74, 6) is 1.83. The third kappa shape index (κ3) is 3.79. The summed E-state index contributed by atoms with van der Waals surface area (Å²) in [5, 5.41) is 12.1. The zero-order valence-corrected chi connectivity index (χ0v) is 12.8. The van der Waals surface area contributed by atoms with Crippen LogP contribution in [0.5, 0.6) is 0 Å². The Hall–Kier alpha value is -1.42. The number of hydrogen-bond donors (Lipinski definition) is 1. The summed E-state index contributed by atoms with van der Waals surface area (Å²) in [5.41, 5.74) is 0.925. The highest BCUT2D eigenvalue weighted by Crippen LogP contribution is 2.12. The van der Waals surface area contributed by atoms with Crippen molar-refractivity contribution in [3.8, 4) is 0 Å². The molecule has 0 spiro atoms. The van der Waals surface area contributed by atoms with Gasteiger partial charge >= 0.3 is 0 Å². The predicted octanol–water partition coefficient (Wildman–Crippen LogP) is 3.08. The zero-order chi connectivity index (χ0) is 14.4. The van der Waals surface area contributed by atoms with E-state index in [0.29, 0.717) is 6.04 Å². The largest absolute Gasteiger partial charge is 0.314 e. The second-order valence-corrected chi connectivity index (χ2v) is 5.60. The Morgan fingerprint density at radius 2 is 2.05 bits per heavy atom. The van der Waals surface area contributed by atoms with Crippen molar-refractivity contribution in [2.45, 2.75) is 52.5 Å². The maximum atomic E-state index is 4.27. The summed E-state index contributed by atoms with van der Waals surface area (Å²) in [4.78, 5) is 0. The molecule has 0 bridgehead atoms. The molecule has 2 aromatic rings. The molecule has 20 heavy (non-hydrogen) atoms. The van der Waals surface area contributed by atoms with Gasteiger partial charge in [0.25, 0.3) is 0 Å². The Morgan fingerprint density at radius 3 is 2.80 bits per heavy atom. The normalized spacial score (nSPS) is 14.6. The lowest BCUT2D eigenvalue weighted by Crippen LogP contribution is -2.32. The fraction of sp³-hybridized carbons (Fsp3) is 0.625. The van der Waals surface area contributed by atoms with E-state index >= 15 is 0 Å². The Labute approximate surface area is 121 Å². The van der Waals surface area contributed by atoms with Gasteiger partial charge in [-0.2, -0.15) is 0 Å². The van der Waals surface area contributed by atoms with Gasteiger partial charge in [0.2, 0.25) is 0 Å². The van der Waals surface area contributed by atoms with Crippen LogP contribution in [0.4, 0.5) is 0 Å². The summed E-state index contributed by atoms with van der Waals surface area (Å²) in [6, 6.07) is 6.61. The van der Waals surface area contributed by atoms with E-state index < -0.39 is 0 Å². The molecule has 0 aliphatic heterocycles. The van der Waals surface area contributed by atoms with E-state index in [1.807, 2.05) is 24.4 Å². The molecule has 0 fully saturated rings. The third-order valence-corrected chi connectivity index (χ3v) is 4.04. The molecule has 4 nitrogen and oxygen atoms in total. The summed E-state index contributed by atoms with van der Waals surface area (Å²) < 4.78 is 2.07. The fourth-order valence-electron chi connectivity index (χ4n) is 2.50. The smallest absolute Gasteiger partial charge is 0.160 e. The molecule has 0 saturated heterocycles. The van der Waals surface area contributed by atoms with Crippen molar-refractivity contribution in [1.82, 2.24) is 19.9 Å². The van der Waals surface area contributed by atoms with Crippen molar-refractivity contribution in [3.63, 3.8) is 0 Å². The van der Waals surface area contributed by atoms with E-state index in [-0.39, 0.29) is 0 Å². The van der Waals surface area contributed by atoms with Crippen LogP contribution in [0.3, 0.4) is 0 Å². The maximum absolute atomic E-state index is 4.27. The highest BCUT2D eigenvalue weighted by atomic mass is 15.2. The van der Waals surface area contributed by atoms with Crippen LogP contribution < -0.4 is 5.32 Å². The van der Waals surface area contributed by atoms with Crippen LogP contribution in [0.15, 0.2) is 24.4 Å². The predicted molar refractivity (Wildman–Crippen MR) is 82.8 cm³/mol. The molecular formula is C16H26N4. The molecule has 0 radical (unpaired) electrons. The Kier molecular flexibility index (Phi) is 5.53. The number of rotatable bonds is 8. The first-order chi connectivity index (χ1) is 9.74. The van der Waals surface area contributed by atoms with Gasteiger partial charge in [-0.05, 0) is 30.9 Å². The standard InChI is InChI=1S/C16H26N4/c1-4-13(3)12-14(5-2)17-10-9-16-19-18-15-8-6-7-11-20(15)16/h6-8,11,13-14,17H,4-5,9-10,12H2,1-3H3. The van der Waals surface area contributed by atoms with Gasteiger partial charge in [-0.1, -0.05) is 33.3 Å². The first kappa shape index (κ1) is 15.0. The van der Waals surface area contributed by atoms with Crippen molar-refractivity contribution in [3.05, 3.63) is 30.2 Å². The van der Waals surface area contributed by atoms with E-state index in [0.717, 1.165) is 30.4 Å². The molecule has 0 amide bonds. The van der Waals surface area contributed by atoms with Gasteiger partial charge in [-0.15, -0.1) is 10.2 Å². The lowest BCUT2D eigenvalue weighted by atomic mass is 9.98. The lowest BCUT2D eigenvalue weighted by molar-refractivity contribution is 0.386. The van der Waals surface area contributed by atoms with Crippen LogP contribution in [0.2, 0.25) is 0 Å². The second-order valence-electron chi connectivity index (χ2n) is 5.60. The minimum atomic E-state index is 0.615. The van der Waals surface area contributed by atoms with Crippen LogP contribution in [0.1, 0.15) is 45.9 Å². The first-order valence-electron chi connectivity index (χ1n) is 7.76. The van der Waals surface area contributed by atoms with Crippen molar-refractivity contribution in [2.75, 3.05) is 6.54 Å². The number of pyridine rings is 1. The highest BCUT2D eigenvalue weighted by Gasteiger charge is 2.10. The maximum Gasteiger partial charge on any atom is 0.160 e. The number of nitrogens with zero attached hydrogens (tertiary/aromatic N) is 3. The molecule has 0 aromatic carbocycles. The van der Waals surface area contributed by atoms with E-state index in [4.69, 9.17) is 0 Å². The van der Waals surface area contributed by atoms with Crippen LogP contribution in [0.25, 0.3) is 5.65 Å². The monoisotopic (exact) mass is 274 g/mol. The Bertz CT molecular complexity index is 520. The molecule has 0 aliphatic carbocycles. The van der Waals surface area contributed by atoms with Crippen molar-refractivity contribution in [2.24, 2.45) is 5.92 Å². The second kappa shape index (κ2) is 7.39. The zero-order valence-electron chi connectivity index (χ0n) is 12.8. The Morgan fingerprint density at radius 1 is 1.20 bits per heavy atom. The molecule has 1 N–H and O–H groups in total. The van der Waals surface area contributed by atoms with Crippen molar-refractivity contribution >= 4 is 5.65 Å². The summed E-state index contributed by atoms with van der Waals surface area (Å²) >= 11 is 0. The first-order valence-corrected chi connectivity index (χ1v) is 7.76. The van der Waals surface area contributed by atoms with E-state index in [1.54, 1.807) is 0 Å². The van der Waals surface area contributed by atoms with E-state index in [9.17, 15) is 0 Å². The van der Waals surface area contributed by atoms with Crippen LogP contribution in [0, 0.1) is 5.92 Å². The van der Waals surface area contributed by atoms with Gasteiger partial charge in [0.1, 0.15) is 5.82 Å². The molecule has 2 atom stereocenters. The SMILES string of the molecule is CCC(C)CC(CC)NCCc1nnc2ccccn12. The average molecular weight is 274 g/mol. The number of fused-ring (bicyclic) bond motifs is 1. The minimum Gasteiger partial charge on any atom is -0.314 e. The van der Waals surface area contributed by atoms with E-state index in [2.05, 4.69) is 40.7 Å². The summed E-state index contributed by atoms with van der Waals surface area (Å²) in [6.45, 7) is 7.81. The van der Waals surface area contributed by atoms with Gasteiger partial charge in [-0.25, -0.2) is 0 Å². The van der Waals surface area contributed by atoms with Crippen LogP contribution >= 0.6 is 0 Å². The lowest BCUT2D eigenvalue weighted by Gasteiger charge is -2.20. The van der Waals surface area contributed by atoms with Gasteiger partial charge < -0.3 is 5.32 Å². The highest BCUT2D eigenvalue weighted by molar-refractivity contribution is 5.36. The molecule has 0 saturated carbocycles. The molecule has 4 heteroatoms. The molecule has 0 aliphatic rings. The van der Waals surface area contributed by atoms with Crippen molar-refractivity contribution < 1.29 is 0 Å². The number of aromatic nitrogens is 3. The van der Waals surface area contributed by atoms with E-state index in [1.165, 1.54) is 19.3 Å². The van der Waals surface area contributed by atoms with Gasteiger partial charge in [0, 0.05) is 25.2 Å². The van der Waals surface area contributed by atoms with Gasteiger partial charge in [-0.3, -0.25) is 4.40 Å². The molecule has 2 rings (SSSR count). The average Bonchev–Trinajstić information content (AvgIpc) is 2.89. The molecule has 2 unspecified atom stereocenters. The fourth-order valence-corrected chi connectivity index (χ4v) is 2.50. The van der Waals surface area contributed by atoms with Crippen molar-refractivity contribution in [1.29, 1.82) is 0 Å². The Balaban J connectivity index is 1.85. The molecule has 2 heterocycles. The topological polar surface area (TPSA) is 42.2 Å². The summed E-state index contributed by atoms with van der Waals surface area (Å²) in [7, 11) is 0. The molecular weight excluding hydrogens is 248 g/mol. The number of nitrogens with one attached hydrogen (secondary N) is 1. The van der Waals surface area contributed by atoms with Gasteiger partial charge in [0.05, 0.1) is 0 Å². The third-order valence-electron chi connectivity index (χ3n) is 4.04.